The van der Waals surface area contributed by atoms with Gasteiger partial charge in [-0.1, -0.05) is 36.4 Å². The lowest BCUT2D eigenvalue weighted by molar-refractivity contribution is 0.242. The highest BCUT2D eigenvalue weighted by atomic mass is 16.5. The van der Waals surface area contributed by atoms with E-state index in [0.29, 0.717) is 12.2 Å². The van der Waals surface area contributed by atoms with E-state index in [4.69, 9.17) is 4.74 Å². The standard InChI is InChI=1S/C21H24N4O2/c1-25(2)18(16-10-4-5-12-19(16)27-3)14-23-21(26)24-17-11-6-8-15-9-7-13-22-20(15)17/h4-13,18H,14H2,1-3H3,(H2,23,24,26). The maximum absolute atomic E-state index is 12.5. The summed E-state index contributed by atoms with van der Waals surface area (Å²) in [5.74, 6) is 0.802. The summed E-state index contributed by atoms with van der Waals surface area (Å²) in [6.45, 7) is 0.442. The Labute approximate surface area is 159 Å². The number of likely N-dealkylation sites (N-methyl/N-ethyl adjacent to an activating group) is 1. The highest BCUT2D eigenvalue weighted by molar-refractivity contribution is 5.99. The number of benzene rings is 2. The van der Waals surface area contributed by atoms with Crippen molar-refractivity contribution in [3.63, 3.8) is 0 Å². The van der Waals surface area contributed by atoms with Crippen molar-refractivity contribution in [1.82, 2.24) is 15.2 Å². The van der Waals surface area contributed by atoms with Crippen molar-refractivity contribution < 1.29 is 9.53 Å². The van der Waals surface area contributed by atoms with Crippen LogP contribution in [0.15, 0.2) is 60.8 Å². The van der Waals surface area contributed by atoms with Gasteiger partial charge in [-0.05, 0) is 32.3 Å². The third kappa shape index (κ3) is 4.35. The summed E-state index contributed by atoms with van der Waals surface area (Å²) in [6.07, 6.45) is 1.72. The van der Waals surface area contributed by atoms with Crippen molar-refractivity contribution in [3.05, 3.63) is 66.4 Å². The molecule has 6 nitrogen and oxygen atoms in total. The summed E-state index contributed by atoms with van der Waals surface area (Å²) in [5, 5.41) is 6.83. The van der Waals surface area contributed by atoms with Gasteiger partial charge in [-0.25, -0.2) is 4.79 Å². The molecule has 0 spiro atoms. The Morgan fingerprint density at radius 2 is 1.89 bits per heavy atom. The molecule has 3 rings (SSSR count). The van der Waals surface area contributed by atoms with Gasteiger partial charge in [-0.15, -0.1) is 0 Å². The second kappa shape index (κ2) is 8.51. The number of urea groups is 1. The van der Waals surface area contributed by atoms with Gasteiger partial charge in [0.05, 0.1) is 24.4 Å². The first-order valence-corrected chi connectivity index (χ1v) is 8.78. The number of hydrogen-bond donors (Lipinski definition) is 2. The van der Waals surface area contributed by atoms with Crippen LogP contribution in [0.2, 0.25) is 0 Å². The predicted octanol–water partition coefficient (Wildman–Crippen LogP) is 3.67. The number of pyridine rings is 1. The Morgan fingerprint density at radius 1 is 1.11 bits per heavy atom. The molecule has 0 saturated carbocycles. The summed E-state index contributed by atoms with van der Waals surface area (Å²) in [7, 11) is 5.61. The summed E-state index contributed by atoms with van der Waals surface area (Å²) in [5.41, 5.74) is 2.48. The molecule has 1 unspecified atom stereocenters. The zero-order valence-electron chi connectivity index (χ0n) is 15.8. The first-order chi connectivity index (χ1) is 13.1. The number of fused-ring (bicyclic) bond motifs is 1. The van der Waals surface area contributed by atoms with Crippen molar-refractivity contribution in [2.24, 2.45) is 0 Å². The number of rotatable bonds is 6. The molecular formula is C21H24N4O2. The zero-order valence-corrected chi connectivity index (χ0v) is 15.8. The highest BCUT2D eigenvalue weighted by Gasteiger charge is 2.19. The fourth-order valence-corrected chi connectivity index (χ4v) is 3.07. The minimum atomic E-state index is -0.269. The van der Waals surface area contributed by atoms with Gasteiger partial charge in [-0.3, -0.25) is 4.98 Å². The number of aromatic nitrogens is 1. The van der Waals surface area contributed by atoms with E-state index in [1.807, 2.05) is 68.7 Å². The van der Waals surface area contributed by atoms with Gasteiger partial charge in [0.1, 0.15) is 5.75 Å². The van der Waals surface area contributed by atoms with Gasteiger partial charge in [0, 0.05) is 23.7 Å². The number of carbonyl (C=O) groups is 1. The summed E-state index contributed by atoms with van der Waals surface area (Å²) in [6, 6.07) is 17.1. The molecule has 1 atom stereocenters. The van der Waals surface area contributed by atoms with E-state index < -0.39 is 0 Å². The molecule has 3 aromatic rings. The van der Waals surface area contributed by atoms with Crippen molar-refractivity contribution in [3.8, 4) is 5.75 Å². The van der Waals surface area contributed by atoms with Crippen LogP contribution < -0.4 is 15.4 Å². The maximum atomic E-state index is 12.5. The molecular weight excluding hydrogens is 340 g/mol. The number of anilines is 1. The van der Waals surface area contributed by atoms with Crippen LogP contribution in [0.4, 0.5) is 10.5 Å². The minimum Gasteiger partial charge on any atom is -0.496 e. The molecule has 6 heteroatoms. The van der Waals surface area contributed by atoms with Crippen LogP contribution >= 0.6 is 0 Å². The topological polar surface area (TPSA) is 66.5 Å². The van der Waals surface area contributed by atoms with E-state index in [-0.39, 0.29) is 12.1 Å². The van der Waals surface area contributed by atoms with Crippen LogP contribution in [-0.4, -0.2) is 43.7 Å². The van der Waals surface area contributed by atoms with Gasteiger partial charge in [0.25, 0.3) is 0 Å². The molecule has 0 aliphatic heterocycles. The second-order valence-corrected chi connectivity index (χ2v) is 6.44. The Hall–Kier alpha value is -3.12. The average molecular weight is 364 g/mol. The Kier molecular flexibility index (Phi) is 5.88. The van der Waals surface area contributed by atoms with E-state index in [9.17, 15) is 4.79 Å². The fourth-order valence-electron chi connectivity index (χ4n) is 3.07. The van der Waals surface area contributed by atoms with Gasteiger partial charge in [0.15, 0.2) is 0 Å². The van der Waals surface area contributed by atoms with E-state index >= 15 is 0 Å². The highest BCUT2D eigenvalue weighted by Crippen LogP contribution is 2.27. The number of nitrogens with one attached hydrogen (secondary N) is 2. The first kappa shape index (κ1) is 18.7. The van der Waals surface area contributed by atoms with Crippen LogP contribution in [0.3, 0.4) is 0 Å². The molecule has 2 amide bonds. The maximum Gasteiger partial charge on any atom is 0.319 e. The third-order valence-corrected chi connectivity index (χ3v) is 4.46. The molecule has 140 valence electrons. The predicted molar refractivity (Wildman–Crippen MR) is 108 cm³/mol. The quantitative estimate of drug-likeness (QED) is 0.700. The SMILES string of the molecule is COc1ccccc1C(CNC(=O)Nc1cccc2cccnc12)N(C)C. The lowest BCUT2D eigenvalue weighted by atomic mass is 10.0. The molecule has 1 aromatic heterocycles. The molecule has 0 saturated heterocycles. The molecule has 0 aliphatic rings. The fraction of sp³-hybridized carbons (Fsp3) is 0.238. The lowest BCUT2D eigenvalue weighted by Gasteiger charge is -2.26. The second-order valence-electron chi connectivity index (χ2n) is 6.44. The van der Waals surface area contributed by atoms with Gasteiger partial charge < -0.3 is 20.3 Å². The van der Waals surface area contributed by atoms with Crippen LogP contribution in [-0.2, 0) is 0 Å². The summed E-state index contributed by atoms with van der Waals surface area (Å²) in [4.78, 5) is 18.9. The zero-order chi connectivity index (χ0) is 19.2. The van der Waals surface area contributed by atoms with Gasteiger partial charge in [0.2, 0.25) is 0 Å². The molecule has 0 bridgehead atoms. The molecule has 2 aromatic carbocycles. The number of para-hydroxylation sites is 2. The van der Waals surface area contributed by atoms with Crippen molar-refractivity contribution >= 4 is 22.6 Å². The van der Waals surface area contributed by atoms with Crippen LogP contribution in [0, 0.1) is 0 Å². The van der Waals surface area contributed by atoms with Crippen LogP contribution in [0.1, 0.15) is 11.6 Å². The molecule has 0 fully saturated rings. The van der Waals surface area contributed by atoms with Crippen molar-refractivity contribution in [2.45, 2.75) is 6.04 Å². The molecule has 27 heavy (non-hydrogen) atoms. The van der Waals surface area contributed by atoms with Gasteiger partial charge >= 0.3 is 6.03 Å². The molecule has 2 N–H and O–H groups in total. The number of hydrogen-bond acceptors (Lipinski definition) is 4. The largest absolute Gasteiger partial charge is 0.496 e. The van der Waals surface area contributed by atoms with E-state index in [1.165, 1.54) is 0 Å². The van der Waals surface area contributed by atoms with Gasteiger partial charge in [-0.2, -0.15) is 0 Å². The number of ether oxygens (including phenoxy) is 1. The molecule has 0 aliphatic carbocycles. The lowest BCUT2D eigenvalue weighted by Crippen LogP contribution is -2.37. The number of methoxy groups -OCH3 is 1. The van der Waals surface area contributed by atoms with E-state index in [0.717, 1.165) is 22.2 Å². The Morgan fingerprint density at radius 3 is 2.67 bits per heavy atom. The average Bonchev–Trinajstić information content (AvgIpc) is 2.68. The van der Waals surface area contributed by atoms with Crippen molar-refractivity contribution in [1.29, 1.82) is 0 Å². The third-order valence-electron chi connectivity index (χ3n) is 4.46. The van der Waals surface area contributed by atoms with Crippen LogP contribution in [0.25, 0.3) is 10.9 Å². The normalized spacial score (nSPS) is 12.0. The smallest absolute Gasteiger partial charge is 0.319 e. The molecule has 0 radical (unpaired) electrons. The number of carbonyl (C=O) groups excluding carboxylic acids is 1. The van der Waals surface area contributed by atoms with E-state index in [1.54, 1.807) is 13.3 Å². The first-order valence-electron chi connectivity index (χ1n) is 8.78. The molecule has 1 heterocycles. The number of amides is 2. The number of nitrogens with zero attached hydrogens (tertiary/aromatic N) is 2. The van der Waals surface area contributed by atoms with Crippen molar-refractivity contribution in [2.75, 3.05) is 33.1 Å². The Balaban J connectivity index is 1.71. The summed E-state index contributed by atoms with van der Waals surface area (Å²) >= 11 is 0. The summed E-state index contributed by atoms with van der Waals surface area (Å²) < 4.78 is 5.46. The minimum absolute atomic E-state index is 0.0162. The monoisotopic (exact) mass is 364 g/mol. The Bertz CT molecular complexity index is 921. The van der Waals surface area contributed by atoms with Crippen LogP contribution in [0.5, 0.6) is 5.75 Å². The van der Waals surface area contributed by atoms with E-state index in [2.05, 4.69) is 20.5 Å².